The van der Waals surface area contributed by atoms with Crippen LogP contribution in [0.2, 0.25) is 0 Å². The predicted octanol–water partition coefficient (Wildman–Crippen LogP) is 1.42. The average molecular weight is 388 g/mol. The number of anilines is 1. The molecule has 3 aromatic heterocycles. The molecule has 0 aliphatic heterocycles. The van der Waals surface area contributed by atoms with Crippen LogP contribution < -0.4 is 16.7 Å². The second kappa shape index (κ2) is 7.58. The van der Waals surface area contributed by atoms with E-state index in [1.165, 1.54) is 11.6 Å². The van der Waals surface area contributed by atoms with E-state index in [1.54, 1.807) is 49.3 Å². The van der Waals surface area contributed by atoms with Crippen molar-refractivity contribution in [2.24, 2.45) is 19.2 Å². The first kappa shape index (κ1) is 18.6. The fourth-order valence-corrected chi connectivity index (χ4v) is 2.61. The number of hydrogen-bond acceptors (Lipinski definition) is 6. The molecule has 0 atom stereocenters. The second-order valence-electron chi connectivity index (χ2n) is 5.87. The number of nitrogens with one attached hydrogen (secondary N) is 1. The first-order valence-corrected chi connectivity index (χ1v) is 8.45. The summed E-state index contributed by atoms with van der Waals surface area (Å²) >= 11 is 5.94. The summed E-state index contributed by atoms with van der Waals surface area (Å²) < 4.78 is 3.99. The summed E-state index contributed by atoms with van der Waals surface area (Å²) in [6.07, 6.45) is 6.65. The molecule has 0 amide bonds. The van der Waals surface area contributed by atoms with Crippen molar-refractivity contribution in [1.29, 1.82) is 0 Å². The summed E-state index contributed by atoms with van der Waals surface area (Å²) in [5.41, 5.74) is 3.28. The molecule has 3 heterocycles. The Kier molecular flexibility index (Phi) is 5.22. The lowest BCUT2D eigenvalue weighted by Gasteiger charge is -2.06. The Hall–Kier alpha value is -3.20. The zero-order valence-corrected chi connectivity index (χ0v) is 15.8. The van der Waals surface area contributed by atoms with Gasteiger partial charge in [0.1, 0.15) is 0 Å². The molecule has 27 heavy (non-hydrogen) atoms. The zero-order valence-electron chi connectivity index (χ0n) is 15.0. The lowest BCUT2D eigenvalue weighted by Crippen LogP contribution is -2.37. The number of hydrazone groups is 1. The van der Waals surface area contributed by atoms with Crippen molar-refractivity contribution < 1.29 is 0 Å². The number of fused-ring (bicyclic) bond motifs is 1. The number of imidazole rings is 1. The molecule has 0 aliphatic rings. The van der Waals surface area contributed by atoms with Gasteiger partial charge in [-0.1, -0.05) is 23.7 Å². The highest BCUT2D eigenvalue weighted by atomic mass is 35.5. The Balaban J connectivity index is 2.12. The molecule has 10 heteroatoms. The maximum Gasteiger partial charge on any atom is 0.332 e. The van der Waals surface area contributed by atoms with Crippen LogP contribution in [-0.2, 0) is 20.6 Å². The van der Waals surface area contributed by atoms with E-state index in [1.807, 2.05) is 6.07 Å². The highest BCUT2D eigenvalue weighted by Crippen LogP contribution is 2.16. The van der Waals surface area contributed by atoms with Gasteiger partial charge in [0.15, 0.2) is 11.2 Å². The van der Waals surface area contributed by atoms with E-state index in [0.717, 1.165) is 10.1 Å². The van der Waals surface area contributed by atoms with Crippen LogP contribution in [0.4, 0.5) is 5.95 Å². The van der Waals surface area contributed by atoms with Crippen molar-refractivity contribution in [3.05, 3.63) is 62.0 Å². The zero-order chi connectivity index (χ0) is 19.6. The van der Waals surface area contributed by atoms with Crippen molar-refractivity contribution in [3.8, 4) is 0 Å². The number of nitrogens with zero attached hydrogens (tertiary/aromatic N) is 6. The van der Waals surface area contributed by atoms with E-state index in [2.05, 4.69) is 20.5 Å². The minimum absolute atomic E-state index is 0.266. The van der Waals surface area contributed by atoms with Gasteiger partial charge in [-0.15, -0.1) is 0 Å². The van der Waals surface area contributed by atoms with Gasteiger partial charge in [-0.25, -0.2) is 10.2 Å². The Labute approximate surface area is 159 Å². The molecule has 0 aliphatic carbocycles. The molecule has 0 radical (unpaired) electrons. The molecule has 0 fully saturated rings. The smallest absolute Gasteiger partial charge is 0.299 e. The van der Waals surface area contributed by atoms with Gasteiger partial charge in [0, 0.05) is 43.6 Å². The number of allylic oxidation sites excluding steroid dienone is 2. The fraction of sp³-hybridized carbons (Fsp3) is 0.235. The maximum atomic E-state index is 12.6. The Morgan fingerprint density at radius 3 is 2.78 bits per heavy atom. The average Bonchev–Trinajstić information content (AvgIpc) is 3.02. The highest BCUT2D eigenvalue weighted by molar-refractivity contribution is 6.29. The van der Waals surface area contributed by atoms with E-state index in [-0.39, 0.29) is 11.2 Å². The molecule has 0 unspecified atom stereocenters. The molecule has 140 valence electrons. The first-order chi connectivity index (χ1) is 12.9. The summed E-state index contributed by atoms with van der Waals surface area (Å²) in [6, 6.07) is 3.64. The molecule has 3 rings (SSSR count). The van der Waals surface area contributed by atoms with E-state index in [4.69, 9.17) is 11.6 Å². The third kappa shape index (κ3) is 3.68. The monoisotopic (exact) mass is 387 g/mol. The Bertz CT molecular complexity index is 1150. The fourth-order valence-electron chi connectivity index (χ4n) is 2.54. The minimum Gasteiger partial charge on any atom is -0.299 e. The van der Waals surface area contributed by atoms with Gasteiger partial charge in [0.05, 0.1) is 6.21 Å². The van der Waals surface area contributed by atoms with Crippen LogP contribution in [0.1, 0.15) is 12.5 Å². The van der Waals surface area contributed by atoms with Crippen LogP contribution >= 0.6 is 11.6 Å². The van der Waals surface area contributed by atoms with Gasteiger partial charge in [-0.2, -0.15) is 10.1 Å². The van der Waals surface area contributed by atoms with Crippen molar-refractivity contribution in [3.63, 3.8) is 0 Å². The van der Waals surface area contributed by atoms with Crippen molar-refractivity contribution in [2.75, 3.05) is 5.43 Å². The van der Waals surface area contributed by atoms with Gasteiger partial charge >= 0.3 is 5.69 Å². The van der Waals surface area contributed by atoms with Gasteiger partial charge in [-0.3, -0.25) is 23.5 Å². The molecule has 1 N–H and O–H groups in total. The summed E-state index contributed by atoms with van der Waals surface area (Å²) in [5.74, 6) is 0.317. The third-order valence-corrected chi connectivity index (χ3v) is 4.12. The van der Waals surface area contributed by atoms with Gasteiger partial charge in [-0.05, 0) is 13.0 Å². The number of pyridine rings is 1. The highest BCUT2D eigenvalue weighted by Gasteiger charge is 2.18. The number of aryl methyl sites for hydroxylation is 1. The number of aromatic nitrogens is 5. The van der Waals surface area contributed by atoms with E-state index in [0.29, 0.717) is 17.5 Å². The minimum atomic E-state index is -0.452. The lowest BCUT2D eigenvalue weighted by molar-refractivity contribution is 0.703. The van der Waals surface area contributed by atoms with E-state index < -0.39 is 11.2 Å². The number of halogens is 1. The lowest BCUT2D eigenvalue weighted by atomic mass is 10.3. The summed E-state index contributed by atoms with van der Waals surface area (Å²) in [4.78, 5) is 33.2. The van der Waals surface area contributed by atoms with Crippen molar-refractivity contribution >= 4 is 34.9 Å². The largest absolute Gasteiger partial charge is 0.332 e. The van der Waals surface area contributed by atoms with Crippen LogP contribution in [0, 0.1) is 0 Å². The molecule has 0 saturated carbocycles. The van der Waals surface area contributed by atoms with Crippen LogP contribution in [0.5, 0.6) is 0 Å². The topological polar surface area (TPSA) is 99.1 Å². The van der Waals surface area contributed by atoms with E-state index in [9.17, 15) is 9.59 Å². The van der Waals surface area contributed by atoms with Gasteiger partial charge in [0.25, 0.3) is 5.56 Å². The van der Waals surface area contributed by atoms with Crippen LogP contribution in [0.25, 0.3) is 11.2 Å². The maximum absolute atomic E-state index is 12.6. The molecule has 0 saturated heterocycles. The summed E-state index contributed by atoms with van der Waals surface area (Å²) in [6.45, 7) is 2.03. The Morgan fingerprint density at radius 2 is 2.11 bits per heavy atom. The van der Waals surface area contributed by atoms with Crippen LogP contribution in [0.15, 0.2) is 50.3 Å². The third-order valence-electron chi connectivity index (χ3n) is 3.97. The molecule has 0 aromatic carbocycles. The predicted molar refractivity (Wildman–Crippen MR) is 105 cm³/mol. The quantitative estimate of drug-likeness (QED) is 0.527. The SMILES string of the molecule is C/C(Cl)=C/Cn1c(N/N=C\c2cccnc2)nc2c1c(=O)n(C)c(=O)n2C. The van der Waals surface area contributed by atoms with Gasteiger partial charge in [0.2, 0.25) is 5.95 Å². The summed E-state index contributed by atoms with van der Waals surface area (Å²) in [5, 5.41) is 4.72. The van der Waals surface area contributed by atoms with Crippen molar-refractivity contribution in [2.45, 2.75) is 13.5 Å². The Morgan fingerprint density at radius 1 is 1.33 bits per heavy atom. The number of rotatable bonds is 5. The number of hydrogen-bond donors (Lipinski definition) is 1. The first-order valence-electron chi connectivity index (χ1n) is 8.07. The summed E-state index contributed by atoms with van der Waals surface area (Å²) in [7, 11) is 2.99. The molecule has 0 spiro atoms. The van der Waals surface area contributed by atoms with Gasteiger partial charge < -0.3 is 0 Å². The molecular formula is C17H18ClN7O2. The normalized spacial score (nSPS) is 12.2. The molecular weight excluding hydrogens is 370 g/mol. The van der Waals surface area contributed by atoms with Crippen molar-refractivity contribution in [1.82, 2.24) is 23.7 Å². The molecule has 9 nitrogen and oxygen atoms in total. The van der Waals surface area contributed by atoms with E-state index >= 15 is 0 Å². The van der Waals surface area contributed by atoms with Crippen LogP contribution in [-0.4, -0.2) is 29.9 Å². The molecule has 0 bridgehead atoms. The molecule has 3 aromatic rings. The standard InChI is InChI=1S/C17H18ClN7O2/c1-11(18)6-8-25-13-14(23(2)17(27)24(3)15(13)26)21-16(25)22-20-10-12-5-4-7-19-9-12/h4-7,9-10H,8H2,1-3H3,(H,21,22)/b11-6-,20-10-. The van der Waals surface area contributed by atoms with Crippen LogP contribution in [0.3, 0.4) is 0 Å². The second-order valence-corrected chi connectivity index (χ2v) is 6.47.